The summed E-state index contributed by atoms with van der Waals surface area (Å²) in [5.74, 6) is 0.843. The fourth-order valence-electron chi connectivity index (χ4n) is 1.74. The van der Waals surface area contributed by atoms with Crippen LogP contribution < -0.4 is 0 Å². The highest BCUT2D eigenvalue weighted by molar-refractivity contribution is 7.80. The van der Waals surface area contributed by atoms with E-state index in [2.05, 4.69) is 22.6 Å². The number of aromatic amines is 1. The number of imidazole rings is 1. The minimum Gasteiger partial charge on any atom is -0.338 e. The zero-order valence-corrected chi connectivity index (χ0v) is 10.5. The molecule has 0 aliphatic carbocycles. The molecular weight excluding hydrogens is 252 g/mol. The van der Waals surface area contributed by atoms with Crippen LogP contribution in [0.25, 0.3) is 22.4 Å². The van der Waals surface area contributed by atoms with Gasteiger partial charge in [0.2, 0.25) is 0 Å². The Morgan fingerprint density at radius 1 is 1.06 bits per heavy atom. The minimum atomic E-state index is 0.725. The lowest BCUT2D eigenvalue weighted by Crippen LogP contribution is -1.78. The normalized spacial score (nSPS) is 10.9. The molecule has 1 heterocycles. The molecule has 0 amide bonds. The third-order valence-electron chi connectivity index (χ3n) is 2.58. The van der Waals surface area contributed by atoms with Gasteiger partial charge < -0.3 is 4.98 Å². The van der Waals surface area contributed by atoms with Crippen molar-refractivity contribution >= 4 is 35.3 Å². The van der Waals surface area contributed by atoms with Crippen molar-refractivity contribution in [3.63, 3.8) is 0 Å². The van der Waals surface area contributed by atoms with Crippen LogP contribution in [-0.2, 0) is 0 Å². The van der Waals surface area contributed by atoms with Crippen LogP contribution in [0.4, 0.5) is 0 Å². The molecular formula is C13H9ClN2S. The number of benzene rings is 2. The van der Waals surface area contributed by atoms with Gasteiger partial charge in [-0.3, -0.25) is 0 Å². The van der Waals surface area contributed by atoms with Gasteiger partial charge in [-0.05, 0) is 42.5 Å². The number of hydrogen-bond donors (Lipinski definition) is 2. The van der Waals surface area contributed by atoms with Crippen LogP contribution in [0, 0.1) is 0 Å². The van der Waals surface area contributed by atoms with E-state index in [4.69, 9.17) is 11.6 Å². The maximum absolute atomic E-state index is 5.86. The number of aromatic nitrogens is 2. The van der Waals surface area contributed by atoms with E-state index in [1.54, 1.807) is 0 Å². The third kappa shape index (κ3) is 2.04. The molecule has 3 aromatic rings. The summed E-state index contributed by atoms with van der Waals surface area (Å²) in [5.41, 5.74) is 2.95. The number of halogens is 1. The van der Waals surface area contributed by atoms with E-state index >= 15 is 0 Å². The molecule has 3 rings (SSSR count). The fourth-order valence-corrected chi connectivity index (χ4v) is 2.07. The molecule has 1 aromatic heterocycles. The van der Waals surface area contributed by atoms with Crippen LogP contribution in [0.2, 0.25) is 5.02 Å². The van der Waals surface area contributed by atoms with E-state index in [0.29, 0.717) is 0 Å². The molecule has 0 atom stereocenters. The Balaban J connectivity index is 2.14. The van der Waals surface area contributed by atoms with E-state index in [-0.39, 0.29) is 0 Å². The van der Waals surface area contributed by atoms with Gasteiger partial charge in [0.05, 0.1) is 11.0 Å². The Morgan fingerprint density at radius 2 is 1.82 bits per heavy atom. The maximum Gasteiger partial charge on any atom is 0.138 e. The molecule has 0 unspecified atom stereocenters. The summed E-state index contributed by atoms with van der Waals surface area (Å²) < 4.78 is 0. The van der Waals surface area contributed by atoms with Crippen molar-refractivity contribution < 1.29 is 0 Å². The highest BCUT2D eigenvalue weighted by Crippen LogP contribution is 2.23. The van der Waals surface area contributed by atoms with Crippen LogP contribution in [0.1, 0.15) is 0 Å². The van der Waals surface area contributed by atoms with Gasteiger partial charge in [0.25, 0.3) is 0 Å². The maximum atomic E-state index is 5.86. The van der Waals surface area contributed by atoms with Gasteiger partial charge in [-0.2, -0.15) is 0 Å². The molecule has 0 saturated carbocycles. The molecule has 0 aliphatic heterocycles. The molecule has 2 aromatic carbocycles. The molecule has 17 heavy (non-hydrogen) atoms. The SMILES string of the molecule is Sc1ccc2nc(-c3ccc(Cl)cc3)[nH]c2c1. The topological polar surface area (TPSA) is 28.7 Å². The Morgan fingerprint density at radius 3 is 2.59 bits per heavy atom. The molecule has 0 fully saturated rings. The molecule has 0 saturated heterocycles. The average molecular weight is 261 g/mol. The highest BCUT2D eigenvalue weighted by atomic mass is 35.5. The zero-order chi connectivity index (χ0) is 11.8. The van der Waals surface area contributed by atoms with Gasteiger partial charge in [-0.1, -0.05) is 11.6 Å². The third-order valence-corrected chi connectivity index (χ3v) is 3.11. The second kappa shape index (κ2) is 4.09. The summed E-state index contributed by atoms with van der Waals surface area (Å²) in [4.78, 5) is 8.71. The summed E-state index contributed by atoms with van der Waals surface area (Å²) in [6.45, 7) is 0. The molecule has 0 aliphatic rings. The van der Waals surface area contributed by atoms with Crippen molar-refractivity contribution in [1.29, 1.82) is 0 Å². The number of H-pyrrole nitrogens is 1. The first-order valence-electron chi connectivity index (χ1n) is 5.17. The van der Waals surface area contributed by atoms with Gasteiger partial charge >= 0.3 is 0 Å². The molecule has 84 valence electrons. The number of nitrogens with zero attached hydrogens (tertiary/aromatic N) is 1. The smallest absolute Gasteiger partial charge is 0.138 e. The number of fused-ring (bicyclic) bond motifs is 1. The van der Waals surface area contributed by atoms with E-state index in [1.807, 2.05) is 42.5 Å². The zero-order valence-electron chi connectivity index (χ0n) is 8.81. The van der Waals surface area contributed by atoms with Crippen LogP contribution in [0.15, 0.2) is 47.4 Å². The van der Waals surface area contributed by atoms with Crippen molar-refractivity contribution in [2.45, 2.75) is 4.90 Å². The fraction of sp³-hybridized carbons (Fsp3) is 0. The summed E-state index contributed by atoms with van der Waals surface area (Å²) in [5, 5.41) is 0.725. The number of thiol groups is 1. The lowest BCUT2D eigenvalue weighted by molar-refractivity contribution is 1.34. The molecule has 0 bridgehead atoms. The standard InChI is InChI=1S/C13H9ClN2S/c14-9-3-1-8(2-4-9)13-15-11-6-5-10(17)7-12(11)16-13/h1-7,17H,(H,15,16). The Hall–Kier alpha value is -1.45. The van der Waals surface area contributed by atoms with Gasteiger partial charge in [0.15, 0.2) is 0 Å². The molecule has 1 N–H and O–H groups in total. The largest absolute Gasteiger partial charge is 0.338 e. The summed E-state index contributed by atoms with van der Waals surface area (Å²) in [6.07, 6.45) is 0. The van der Waals surface area contributed by atoms with Crippen molar-refractivity contribution in [3.8, 4) is 11.4 Å². The van der Waals surface area contributed by atoms with Crippen molar-refractivity contribution in [2.24, 2.45) is 0 Å². The highest BCUT2D eigenvalue weighted by Gasteiger charge is 2.05. The van der Waals surface area contributed by atoms with Crippen molar-refractivity contribution in [1.82, 2.24) is 9.97 Å². The lowest BCUT2D eigenvalue weighted by atomic mass is 10.2. The first-order chi connectivity index (χ1) is 8.22. The van der Waals surface area contributed by atoms with E-state index in [1.165, 1.54) is 0 Å². The summed E-state index contributed by atoms with van der Waals surface area (Å²) in [7, 11) is 0. The number of hydrogen-bond acceptors (Lipinski definition) is 2. The molecule has 4 heteroatoms. The van der Waals surface area contributed by atoms with Gasteiger partial charge in [-0.15, -0.1) is 12.6 Å². The minimum absolute atomic E-state index is 0.725. The van der Waals surface area contributed by atoms with Gasteiger partial charge in [0.1, 0.15) is 5.82 Å². The molecule has 0 radical (unpaired) electrons. The van der Waals surface area contributed by atoms with E-state index in [0.717, 1.165) is 32.3 Å². The Labute approximate surface area is 109 Å². The summed E-state index contributed by atoms with van der Waals surface area (Å²) in [6, 6.07) is 13.4. The van der Waals surface area contributed by atoms with Crippen LogP contribution in [0.5, 0.6) is 0 Å². The van der Waals surface area contributed by atoms with Gasteiger partial charge in [-0.25, -0.2) is 4.98 Å². The Bertz CT molecular complexity index is 673. The van der Waals surface area contributed by atoms with Crippen LogP contribution >= 0.6 is 24.2 Å². The molecule has 0 spiro atoms. The van der Waals surface area contributed by atoms with Crippen molar-refractivity contribution in [3.05, 3.63) is 47.5 Å². The summed E-state index contributed by atoms with van der Waals surface area (Å²) >= 11 is 10.2. The Kier molecular flexibility index (Phi) is 2.57. The van der Waals surface area contributed by atoms with E-state index < -0.39 is 0 Å². The second-order valence-electron chi connectivity index (χ2n) is 3.79. The van der Waals surface area contributed by atoms with Crippen LogP contribution in [0.3, 0.4) is 0 Å². The second-order valence-corrected chi connectivity index (χ2v) is 4.75. The molecule has 2 nitrogen and oxygen atoms in total. The van der Waals surface area contributed by atoms with Crippen molar-refractivity contribution in [2.75, 3.05) is 0 Å². The van der Waals surface area contributed by atoms with E-state index in [9.17, 15) is 0 Å². The predicted octanol–water partition coefficient (Wildman–Crippen LogP) is 4.17. The lowest BCUT2D eigenvalue weighted by Gasteiger charge is -1.95. The monoisotopic (exact) mass is 260 g/mol. The predicted molar refractivity (Wildman–Crippen MR) is 73.8 cm³/mol. The van der Waals surface area contributed by atoms with Gasteiger partial charge in [0, 0.05) is 15.5 Å². The first-order valence-corrected chi connectivity index (χ1v) is 5.99. The quantitative estimate of drug-likeness (QED) is 0.632. The van der Waals surface area contributed by atoms with Crippen LogP contribution in [-0.4, -0.2) is 9.97 Å². The average Bonchev–Trinajstić information content (AvgIpc) is 2.72. The number of nitrogens with one attached hydrogen (secondary N) is 1. The number of rotatable bonds is 1. The first kappa shape index (κ1) is 10.7.